The van der Waals surface area contributed by atoms with Crippen LogP contribution >= 0.6 is 11.8 Å². The van der Waals surface area contributed by atoms with Gasteiger partial charge in [-0.2, -0.15) is 0 Å². The van der Waals surface area contributed by atoms with Crippen LogP contribution < -0.4 is 4.74 Å². The molecule has 0 bridgehead atoms. The third-order valence-corrected chi connectivity index (χ3v) is 6.00. The van der Waals surface area contributed by atoms with Crippen LogP contribution in [0.1, 0.15) is 27.0 Å². The van der Waals surface area contributed by atoms with Crippen molar-refractivity contribution in [3.8, 4) is 17.0 Å². The standard InChI is InChI=1S/C26H23NO2S/c1-16-5-11-21(12-6-16)30-26(28)23-15-24(19-7-9-20(29-4)10-8-19)27-25-18(3)13-17(2)14-22(23)25/h5-15H,1-4H3. The largest absolute Gasteiger partial charge is 0.497 e. The third-order valence-electron chi connectivity index (χ3n) is 5.09. The molecule has 4 rings (SSSR count). The van der Waals surface area contributed by atoms with Gasteiger partial charge in [0.25, 0.3) is 0 Å². The fourth-order valence-corrected chi connectivity index (χ4v) is 4.29. The number of hydrogen-bond donors (Lipinski definition) is 0. The molecule has 0 fully saturated rings. The highest BCUT2D eigenvalue weighted by Crippen LogP contribution is 2.32. The molecule has 30 heavy (non-hydrogen) atoms. The maximum atomic E-state index is 13.3. The first-order valence-electron chi connectivity index (χ1n) is 9.80. The Kier molecular flexibility index (Phi) is 5.60. The van der Waals surface area contributed by atoms with Crippen LogP contribution in [-0.2, 0) is 0 Å². The number of thioether (sulfide) groups is 1. The van der Waals surface area contributed by atoms with E-state index in [9.17, 15) is 4.79 Å². The van der Waals surface area contributed by atoms with Gasteiger partial charge >= 0.3 is 0 Å². The van der Waals surface area contributed by atoms with E-state index in [1.807, 2.05) is 75.4 Å². The van der Waals surface area contributed by atoms with Gasteiger partial charge in [0.1, 0.15) is 5.75 Å². The van der Waals surface area contributed by atoms with E-state index >= 15 is 0 Å². The van der Waals surface area contributed by atoms with Gasteiger partial charge in [0.2, 0.25) is 5.12 Å². The lowest BCUT2D eigenvalue weighted by Gasteiger charge is -2.12. The number of carbonyl (C=O) groups is 1. The minimum Gasteiger partial charge on any atom is -0.497 e. The second-order valence-corrected chi connectivity index (χ2v) is 8.51. The van der Waals surface area contributed by atoms with Crippen LogP contribution in [0.2, 0.25) is 0 Å². The molecule has 3 aromatic carbocycles. The van der Waals surface area contributed by atoms with Crippen molar-refractivity contribution < 1.29 is 9.53 Å². The van der Waals surface area contributed by atoms with E-state index in [0.29, 0.717) is 5.56 Å². The number of methoxy groups -OCH3 is 1. The smallest absolute Gasteiger partial charge is 0.224 e. The Bertz CT molecular complexity index is 1230. The summed E-state index contributed by atoms with van der Waals surface area (Å²) in [5.41, 5.74) is 6.64. The molecule has 0 aliphatic carbocycles. The molecule has 1 aromatic heterocycles. The number of rotatable bonds is 4. The summed E-state index contributed by atoms with van der Waals surface area (Å²) >= 11 is 1.26. The van der Waals surface area contributed by atoms with Crippen molar-refractivity contribution in [2.75, 3.05) is 7.11 Å². The second-order valence-electron chi connectivity index (χ2n) is 7.46. The molecule has 150 valence electrons. The predicted molar refractivity (Wildman–Crippen MR) is 125 cm³/mol. The minimum absolute atomic E-state index is 0.0195. The normalized spacial score (nSPS) is 10.9. The molecule has 0 N–H and O–H groups in total. The molecule has 0 amide bonds. The zero-order chi connectivity index (χ0) is 21.3. The number of aromatic nitrogens is 1. The van der Waals surface area contributed by atoms with Crippen molar-refractivity contribution in [3.63, 3.8) is 0 Å². The molecule has 0 aliphatic rings. The number of aryl methyl sites for hydroxylation is 3. The quantitative estimate of drug-likeness (QED) is 0.346. The summed E-state index contributed by atoms with van der Waals surface area (Å²) in [5.74, 6) is 0.789. The lowest BCUT2D eigenvalue weighted by Crippen LogP contribution is -2.00. The second kappa shape index (κ2) is 8.33. The molecule has 1 heterocycles. The molecule has 4 heteroatoms. The van der Waals surface area contributed by atoms with E-state index in [1.54, 1.807) is 7.11 Å². The Balaban J connectivity index is 1.85. The van der Waals surface area contributed by atoms with Gasteiger partial charge in [0.05, 0.1) is 18.3 Å². The lowest BCUT2D eigenvalue weighted by atomic mass is 10.0. The van der Waals surface area contributed by atoms with Crippen molar-refractivity contribution in [1.82, 2.24) is 4.98 Å². The fourth-order valence-electron chi connectivity index (χ4n) is 3.53. The summed E-state index contributed by atoms with van der Waals surface area (Å²) in [5, 5.41) is 0.917. The van der Waals surface area contributed by atoms with E-state index in [0.717, 1.165) is 43.9 Å². The lowest BCUT2D eigenvalue weighted by molar-refractivity contribution is 0.109. The highest BCUT2D eigenvalue weighted by Gasteiger charge is 2.17. The molecule has 0 unspecified atom stereocenters. The van der Waals surface area contributed by atoms with E-state index in [2.05, 4.69) is 12.1 Å². The van der Waals surface area contributed by atoms with Crippen LogP contribution in [0.15, 0.2) is 71.6 Å². The van der Waals surface area contributed by atoms with Crippen LogP contribution in [0, 0.1) is 20.8 Å². The van der Waals surface area contributed by atoms with Gasteiger partial charge in [-0.25, -0.2) is 4.98 Å². The van der Waals surface area contributed by atoms with Gasteiger partial charge in [-0.1, -0.05) is 29.3 Å². The van der Waals surface area contributed by atoms with Gasteiger partial charge < -0.3 is 4.74 Å². The molecule has 0 radical (unpaired) electrons. The third kappa shape index (κ3) is 4.10. The monoisotopic (exact) mass is 413 g/mol. The average Bonchev–Trinajstić information content (AvgIpc) is 2.75. The Morgan fingerprint density at radius 2 is 1.57 bits per heavy atom. The maximum absolute atomic E-state index is 13.3. The molecule has 0 saturated heterocycles. The molecule has 0 atom stereocenters. The Hall–Kier alpha value is -3.11. The van der Waals surface area contributed by atoms with Crippen molar-refractivity contribution in [2.24, 2.45) is 0 Å². The van der Waals surface area contributed by atoms with E-state index < -0.39 is 0 Å². The van der Waals surface area contributed by atoms with Gasteiger partial charge in [-0.15, -0.1) is 0 Å². The number of carbonyl (C=O) groups excluding carboxylic acids is 1. The predicted octanol–water partition coefficient (Wildman–Crippen LogP) is 6.77. The zero-order valence-corrected chi connectivity index (χ0v) is 18.3. The molecular formula is C26H23NO2S. The van der Waals surface area contributed by atoms with Crippen molar-refractivity contribution in [1.29, 1.82) is 0 Å². The summed E-state index contributed by atoms with van der Waals surface area (Å²) < 4.78 is 5.27. The highest BCUT2D eigenvalue weighted by atomic mass is 32.2. The van der Waals surface area contributed by atoms with Crippen molar-refractivity contribution in [3.05, 3.63) is 89.0 Å². The zero-order valence-electron chi connectivity index (χ0n) is 17.5. The summed E-state index contributed by atoms with van der Waals surface area (Å²) in [6.07, 6.45) is 0. The maximum Gasteiger partial charge on any atom is 0.224 e. The van der Waals surface area contributed by atoms with Crippen LogP contribution in [0.4, 0.5) is 0 Å². The number of ether oxygens (including phenoxy) is 1. The van der Waals surface area contributed by atoms with Gasteiger partial charge in [-0.05, 0) is 86.6 Å². The first-order chi connectivity index (χ1) is 14.4. The molecule has 0 saturated carbocycles. The summed E-state index contributed by atoms with van der Waals surface area (Å²) in [7, 11) is 1.65. The minimum atomic E-state index is 0.0195. The van der Waals surface area contributed by atoms with Crippen LogP contribution in [0.3, 0.4) is 0 Å². The topological polar surface area (TPSA) is 39.2 Å². The van der Waals surface area contributed by atoms with Crippen molar-refractivity contribution >= 4 is 27.8 Å². The van der Waals surface area contributed by atoms with E-state index in [1.165, 1.54) is 17.3 Å². The number of benzene rings is 3. The summed E-state index contributed by atoms with van der Waals surface area (Å²) in [6.45, 7) is 6.13. The van der Waals surface area contributed by atoms with Gasteiger partial charge in [0.15, 0.2) is 0 Å². The number of hydrogen-bond acceptors (Lipinski definition) is 4. The Morgan fingerprint density at radius 3 is 2.23 bits per heavy atom. The Morgan fingerprint density at radius 1 is 0.867 bits per heavy atom. The highest BCUT2D eigenvalue weighted by molar-refractivity contribution is 8.14. The summed E-state index contributed by atoms with van der Waals surface area (Å²) in [6, 6.07) is 21.9. The first-order valence-corrected chi connectivity index (χ1v) is 10.6. The van der Waals surface area contributed by atoms with Crippen LogP contribution in [-0.4, -0.2) is 17.2 Å². The van der Waals surface area contributed by atoms with Crippen molar-refractivity contribution in [2.45, 2.75) is 25.7 Å². The molecule has 0 aliphatic heterocycles. The van der Waals surface area contributed by atoms with E-state index in [-0.39, 0.29) is 5.12 Å². The molecular weight excluding hydrogens is 390 g/mol. The first kappa shape index (κ1) is 20.2. The number of fused-ring (bicyclic) bond motifs is 1. The fraction of sp³-hybridized carbons (Fsp3) is 0.154. The van der Waals surface area contributed by atoms with Crippen LogP contribution in [0.25, 0.3) is 22.2 Å². The molecule has 0 spiro atoms. The van der Waals surface area contributed by atoms with Gasteiger partial charge in [-0.3, -0.25) is 4.79 Å². The molecule has 3 nitrogen and oxygen atoms in total. The average molecular weight is 414 g/mol. The number of nitrogens with zero attached hydrogens (tertiary/aromatic N) is 1. The SMILES string of the molecule is COc1ccc(-c2cc(C(=O)Sc3ccc(C)cc3)c3cc(C)cc(C)c3n2)cc1. The summed E-state index contributed by atoms with van der Waals surface area (Å²) in [4.78, 5) is 19.2. The van der Waals surface area contributed by atoms with Crippen LogP contribution in [0.5, 0.6) is 5.75 Å². The van der Waals surface area contributed by atoms with Gasteiger partial charge in [0, 0.05) is 21.4 Å². The van der Waals surface area contributed by atoms with E-state index in [4.69, 9.17) is 9.72 Å². The number of pyridine rings is 1. The Labute approximate surface area is 181 Å². The molecule has 4 aromatic rings.